The molecule has 1 unspecified atom stereocenters. The van der Waals surface area contributed by atoms with Crippen LogP contribution >= 0.6 is 23.2 Å². The van der Waals surface area contributed by atoms with Crippen molar-refractivity contribution in [1.29, 1.82) is 0 Å². The third kappa shape index (κ3) is 3.73. The molecule has 2 rings (SSSR count). The molecular formula is C15H20Cl2N2O. The number of ketones is 1. The summed E-state index contributed by atoms with van der Waals surface area (Å²) in [6, 6.07) is 5.26. The van der Waals surface area contributed by atoms with Crippen molar-refractivity contribution in [1.82, 2.24) is 9.80 Å². The van der Waals surface area contributed by atoms with Crippen molar-refractivity contribution in [3.63, 3.8) is 0 Å². The molecule has 0 N–H and O–H groups in total. The summed E-state index contributed by atoms with van der Waals surface area (Å²) in [5, 5.41) is 1.13. The maximum Gasteiger partial charge on any atom is 0.155 e. The first-order valence-electron chi connectivity index (χ1n) is 6.83. The second-order valence-electron chi connectivity index (χ2n) is 5.46. The van der Waals surface area contributed by atoms with E-state index in [0.717, 1.165) is 31.6 Å². The summed E-state index contributed by atoms with van der Waals surface area (Å²) < 4.78 is 0. The summed E-state index contributed by atoms with van der Waals surface area (Å²) in [6.45, 7) is 2.73. The van der Waals surface area contributed by atoms with Gasteiger partial charge in [0.25, 0.3) is 0 Å². The molecule has 20 heavy (non-hydrogen) atoms. The van der Waals surface area contributed by atoms with E-state index in [-0.39, 0.29) is 11.8 Å². The first-order valence-corrected chi connectivity index (χ1v) is 7.59. The van der Waals surface area contributed by atoms with E-state index in [1.54, 1.807) is 18.2 Å². The van der Waals surface area contributed by atoms with Gasteiger partial charge in [0.1, 0.15) is 0 Å². The Labute approximate surface area is 130 Å². The quantitative estimate of drug-likeness (QED) is 0.857. The van der Waals surface area contributed by atoms with Crippen LogP contribution in [0.15, 0.2) is 18.2 Å². The van der Waals surface area contributed by atoms with Crippen LogP contribution in [0.25, 0.3) is 0 Å². The van der Waals surface area contributed by atoms with E-state index in [2.05, 4.69) is 16.8 Å². The number of carbonyl (C=O) groups is 1. The van der Waals surface area contributed by atoms with E-state index < -0.39 is 0 Å². The van der Waals surface area contributed by atoms with E-state index in [1.807, 2.05) is 7.05 Å². The van der Waals surface area contributed by atoms with Crippen LogP contribution < -0.4 is 0 Å². The Morgan fingerprint density at radius 3 is 2.55 bits per heavy atom. The third-order valence-electron chi connectivity index (χ3n) is 3.85. The number of nitrogens with zero attached hydrogens (tertiary/aromatic N) is 2. The lowest BCUT2D eigenvalue weighted by Gasteiger charge is -2.26. The molecule has 0 aliphatic carbocycles. The lowest BCUT2D eigenvalue weighted by Crippen LogP contribution is -2.44. The molecule has 1 aromatic rings. The monoisotopic (exact) mass is 314 g/mol. The lowest BCUT2D eigenvalue weighted by molar-refractivity contribution is -0.123. The molecule has 0 bridgehead atoms. The molecule has 110 valence electrons. The summed E-state index contributed by atoms with van der Waals surface area (Å²) in [5.74, 6) is 0.177. The maximum absolute atomic E-state index is 12.6. The largest absolute Gasteiger partial charge is 0.304 e. The second kappa shape index (κ2) is 6.90. The number of rotatable bonds is 3. The summed E-state index contributed by atoms with van der Waals surface area (Å²) >= 11 is 12.3. The van der Waals surface area contributed by atoms with Gasteiger partial charge in [-0.1, -0.05) is 29.3 Å². The number of Topliss-reactive ketones (excluding diaryl/α,β-unsaturated/α-hetero) is 1. The number of hydrogen-bond acceptors (Lipinski definition) is 3. The fourth-order valence-corrected chi connectivity index (χ4v) is 3.14. The Kier molecular flexibility index (Phi) is 5.44. The highest BCUT2D eigenvalue weighted by Crippen LogP contribution is 2.25. The molecule has 3 nitrogen and oxygen atoms in total. The van der Waals surface area contributed by atoms with Gasteiger partial charge < -0.3 is 4.90 Å². The van der Waals surface area contributed by atoms with Crippen LogP contribution in [-0.4, -0.2) is 55.4 Å². The van der Waals surface area contributed by atoms with Gasteiger partial charge in [-0.2, -0.15) is 0 Å². The molecule has 0 spiro atoms. The summed E-state index contributed by atoms with van der Waals surface area (Å²) in [5.41, 5.74) is 0.737. The van der Waals surface area contributed by atoms with Crippen LogP contribution in [0.2, 0.25) is 10.0 Å². The van der Waals surface area contributed by atoms with Gasteiger partial charge >= 0.3 is 0 Å². The zero-order valence-corrected chi connectivity index (χ0v) is 13.4. The van der Waals surface area contributed by atoms with Crippen molar-refractivity contribution >= 4 is 29.0 Å². The minimum Gasteiger partial charge on any atom is -0.304 e. The summed E-state index contributed by atoms with van der Waals surface area (Å²) in [6.07, 6.45) is 1.38. The Hall–Kier alpha value is -0.610. The second-order valence-corrected chi connectivity index (χ2v) is 6.27. The average molecular weight is 315 g/mol. The van der Waals surface area contributed by atoms with Crippen LogP contribution in [-0.2, 0) is 11.2 Å². The molecule has 5 heteroatoms. The van der Waals surface area contributed by atoms with Gasteiger partial charge in [-0.25, -0.2) is 0 Å². The van der Waals surface area contributed by atoms with Gasteiger partial charge in [-0.15, -0.1) is 0 Å². The highest BCUT2D eigenvalue weighted by atomic mass is 35.5. The van der Waals surface area contributed by atoms with Crippen molar-refractivity contribution in [3.8, 4) is 0 Å². The number of likely N-dealkylation sites (N-methyl/N-ethyl adjacent to an activating group) is 2. The van der Waals surface area contributed by atoms with Crippen LogP contribution in [0.1, 0.15) is 12.0 Å². The lowest BCUT2D eigenvalue weighted by atomic mass is 10.0. The highest BCUT2D eigenvalue weighted by Gasteiger charge is 2.27. The van der Waals surface area contributed by atoms with E-state index >= 15 is 0 Å². The number of halogens is 2. The number of carbonyl (C=O) groups excluding carboxylic acids is 1. The van der Waals surface area contributed by atoms with E-state index in [9.17, 15) is 4.79 Å². The molecule has 1 fully saturated rings. The molecule has 1 aliphatic rings. The molecule has 0 aromatic heterocycles. The average Bonchev–Trinajstić information content (AvgIpc) is 2.56. The molecule has 1 atom stereocenters. The predicted molar refractivity (Wildman–Crippen MR) is 83.7 cm³/mol. The van der Waals surface area contributed by atoms with Gasteiger partial charge in [-0.3, -0.25) is 9.69 Å². The van der Waals surface area contributed by atoms with Crippen LogP contribution in [0.4, 0.5) is 0 Å². The van der Waals surface area contributed by atoms with Gasteiger partial charge in [-0.05, 0) is 51.3 Å². The first kappa shape index (κ1) is 15.8. The fourth-order valence-electron chi connectivity index (χ4n) is 2.61. The fraction of sp³-hybridized carbons (Fsp3) is 0.533. The summed E-state index contributed by atoms with van der Waals surface area (Å²) in [7, 11) is 4.07. The van der Waals surface area contributed by atoms with Crippen LogP contribution in [0.5, 0.6) is 0 Å². The van der Waals surface area contributed by atoms with Crippen molar-refractivity contribution in [2.75, 3.05) is 33.7 Å². The Bertz CT molecular complexity index is 473. The van der Waals surface area contributed by atoms with Gasteiger partial charge in [0.15, 0.2) is 5.78 Å². The van der Waals surface area contributed by atoms with E-state index in [1.165, 1.54) is 0 Å². The molecule has 0 saturated carbocycles. The minimum atomic E-state index is -0.0881. The summed E-state index contributed by atoms with van der Waals surface area (Å²) in [4.78, 5) is 16.9. The van der Waals surface area contributed by atoms with Gasteiger partial charge in [0.05, 0.1) is 6.04 Å². The molecular weight excluding hydrogens is 295 g/mol. The minimum absolute atomic E-state index is 0.0881. The predicted octanol–water partition coefficient (Wildman–Crippen LogP) is 2.74. The standard InChI is InChI=1S/C15H20Cl2N2O/c1-18-7-4-8-19(2)14(10-18)15(20)9-11-12(16)5-3-6-13(11)17/h3,5-6,14H,4,7-10H2,1-2H3. The van der Waals surface area contributed by atoms with Crippen molar-refractivity contribution in [2.24, 2.45) is 0 Å². The number of hydrogen-bond donors (Lipinski definition) is 0. The Balaban J connectivity index is 2.14. The zero-order chi connectivity index (χ0) is 14.7. The zero-order valence-electron chi connectivity index (χ0n) is 11.9. The normalized spacial score (nSPS) is 21.7. The van der Waals surface area contributed by atoms with Gasteiger partial charge in [0, 0.05) is 23.0 Å². The SMILES string of the molecule is CN1CCCN(C)C(C(=O)Cc2c(Cl)cccc2Cl)C1. The first-order chi connectivity index (χ1) is 9.49. The van der Waals surface area contributed by atoms with E-state index in [0.29, 0.717) is 16.5 Å². The molecule has 1 aromatic carbocycles. The molecule has 0 amide bonds. The van der Waals surface area contributed by atoms with E-state index in [4.69, 9.17) is 23.2 Å². The molecule has 1 saturated heterocycles. The van der Waals surface area contributed by atoms with Crippen molar-refractivity contribution in [3.05, 3.63) is 33.8 Å². The van der Waals surface area contributed by atoms with Crippen molar-refractivity contribution in [2.45, 2.75) is 18.9 Å². The van der Waals surface area contributed by atoms with Crippen molar-refractivity contribution < 1.29 is 4.79 Å². The smallest absolute Gasteiger partial charge is 0.155 e. The Morgan fingerprint density at radius 1 is 1.25 bits per heavy atom. The highest BCUT2D eigenvalue weighted by molar-refractivity contribution is 6.36. The van der Waals surface area contributed by atoms with Crippen LogP contribution in [0, 0.1) is 0 Å². The topological polar surface area (TPSA) is 23.6 Å². The molecule has 0 radical (unpaired) electrons. The molecule has 1 heterocycles. The van der Waals surface area contributed by atoms with Crippen LogP contribution in [0.3, 0.4) is 0 Å². The number of benzene rings is 1. The molecule has 1 aliphatic heterocycles. The maximum atomic E-state index is 12.6. The third-order valence-corrected chi connectivity index (χ3v) is 4.56. The van der Waals surface area contributed by atoms with Gasteiger partial charge in [0.2, 0.25) is 0 Å². The Morgan fingerprint density at radius 2 is 1.90 bits per heavy atom.